The molecule has 280 valence electrons. The lowest BCUT2D eigenvalue weighted by Crippen LogP contribution is -2.51. The summed E-state index contributed by atoms with van der Waals surface area (Å²) in [6.07, 6.45) is 7.44. The molecular formula is C41H50BrN5O5Si. The maximum Gasteiger partial charge on any atom is 0.264 e. The highest BCUT2D eigenvalue weighted by Crippen LogP contribution is 2.60. The second-order valence-corrected chi connectivity index (χ2v) is 20.9. The van der Waals surface area contributed by atoms with Crippen LogP contribution in [0.1, 0.15) is 62.3 Å². The number of aliphatic hydroxyl groups is 1. The van der Waals surface area contributed by atoms with E-state index in [1.54, 1.807) is 7.11 Å². The van der Waals surface area contributed by atoms with E-state index in [1.807, 2.05) is 63.1 Å². The van der Waals surface area contributed by atoms with E-state index in [0.29, 0.717) is 38.9 Å². The van der Waals surface area contributed by atoms with E-state index in [2.05, 4.69) is 70.5 Å². The van der Waals surface area contributed by atoms with Crippen LogP contribution < -0.4 is 19.7 Å². The molecule has 0 unspecified atom stereocenters. The second-order valence-electron chi connectivity index (χ2n) is 15.3. The smallest absolute Gasteiger partial charge is 0.264 e. The number of carbonyl (C=O) groups is 2. The fraction of sp³-hybridized carbons (Fsp3) is 0.463. The van der Waals surface area contributed by atoms with Gasteiger partial charge < -0.3 is 24.4 Å². The van der Waals surface area contributed by atoms with Gasteiger partial charge in [0.05, 0.1) is 39.2 Å². The number of amides is 2. The van der Waals surface area contributed by atoms with Crippen LogP contribution in [0.5, 0.6) is 5.75 Å². The van der Waals surface area contributed by atoms with Crippen molar-refractivity contribution in [3.63, 3.8) is 0 Å². The lowest BCUT2D eigenvalue weighted by molar-refractivity contribution is -0.146. The number of methoxy groups -OCH3 is 1. The van der Waals surface area contributed by atoms with Crippen LogP contribution in [0.25, 0.3) is 0 Å². The van der Waals surface area contributed by atoms with Crippen LogP contribution in [0.2, 0.25) is 18.6 Å². The van der Waals surface area contributed by atoms with Crippen molar-refractivity contribution in [2.45, 2.75) is 95.3 Å². The number of carbonyl (C=O) groups excluding carboxylic acids is 2. The Hall–Kier alpha value is -3.84. The maximum absolute atomic E-state index is 15.3. The number of aromatic nitrogens is 3. The fourth-order valence-electron chi connectivity index (χ4n) is 9.09. The third-order valence-corrected chi connectivity index (χ3v) is 16.6. The van der Waals surface area contributed by atoms with E-state index < -0.39 is 13.7 Å². The standard InChI is InChI=1S/C41H50BrN5O5Si/c1-28-39(53(3,4)34-16-14-33(51-2)15-17-34)37(19-22-45-27-31(20-23-48)43-44-45)52-41(28)35-25-30(42)13-18-36(35)47(40(41)50)26-29-10-9-11-32(24-29)46-21-8-6-5-7-12-38(46)49/h9-11,13-18,24-25,27-28,37,39,48H,5-8,12,19-23,26H2,1-4H3/t28-,37+,39-,41+/m1/s1. The van der Waals surface area contributed by atoms with E-state index >= 15 is 4.79 Å². The number of rotatable bonds is 11. The van der Waals surface area contributed by atoms with Crippen LogP contribution in [0.3, 0.4) is 0 Å². The Morgan fingerprint density at radius 1 is 1.04 bits per heavy atom. The Morgan fingerprint density at radius 3 is 2.60 bits per heavy atom. The molecule has 10 nitrogen and oxygen atoms in total. The summed E-state index contributed by atoms with van der Waals surface area (Å²) in [6.45, 7) is 8.64. The monoisotopic (exact) mass is 799 g/mol. The number of aryl methyl sites for hydroxylation is 1. The summed E-state index contributed by atoms with van der Waals surface area (Å²) in [5, 5.41) is 19.3. The van der Waals surface area contributed by atoms with Gasteiger partial charge in [-0.1, -0.05) is 83.5 Å². The van der Waals surface area contributed by atoms with E-state index in [9.17, 15) is 9.90 Å². The Labute approximate surface area is 321 Å². The van der Waals surface area contributed by atoms with Crippen molar-refractivity contribution >= 4 is 52.4 Å². The molecule has 1 spiro atoms. The first-order valence-corrected chi connectivity index (χ1v) is 22.8. The summed E-state index contributed by atoms with van der Waals surface area (Å²) >= 11 is 3.73. The molecule has 0 saturated carbocycles. The van der Waals surface area contributed by atoms with Gasteiger partial charge in [-0.05, 0) is 72.8 Å². The number of benzene rings is 3. The van der Waals surface area contributed by atoms with Gasteiger partial charge in [-0.25, -0.2) is 0 Å². The molecule has 2 amide bonds. The van der Waals surface area contributed by atoms with E-state index in [-0.39, 0.29) is 36.0 Å². The van der Waals surface area contributed by atoms with Gasteiger partial charge in [0.25, 0.3) is 5.91 Å². The van der Waals surface area contributed by atoms with Crippen LogP contribution in [-0.4, -0.2) is 66.4 Å². The lowest BCUT2D eigenvalue weighted by Gasteiger charge is -2.37. The molecule has 1 N–H and O–H groups in total. The minimum Gasteiger partial charge on any atom is -0.497 e. The van der Waals surface area contributed by atoms with Crippen molar-refractivity contribution in [3.05, 3.63) is 94.2 Å². The van der Waals surface area contributed by atoms with Crippen LogP contribution in [0.15, 0.2) is 77.4 Å². The van der Waals surface area contributed by atoms with Gasteiger partial charge in [0.15, 0.2) is 5.60 Å². The zero-order valence-electron chi connectivity index (χ0n) is 31.1. The Morgan fingerprint density at radius 2 is 1.83 bits per heavy atom. The summed E-state index contributed by atoms with van der Waals surface area (Å²) in [4.78, 5) is 32.3. The molecule has 3 aliphatic rings. The lowest BCUT2D eigenvalue weighted by atomic mass is 9.82. The average Bonchev–Trinajstić information content (AvgIpc) is 3.79. The Bertz CT molecular complexity index is 1950. The molecule has 12 heteroatoms. The topological polar surface area (TPSA) is 110 Å². The van der Waals surface area contributed by atoms with Gasteiger partial charge in [-0.3, -0.25) is 14.3 Å². The normalized spacial score (nSPS) is 23.4. The third kappa shape index (κ3) is 7.11. The van der Waals surface area contributed by atoms with Crippen LogP contribution in [0.4, 0.5) is 11.4 Å². The number of nitrogens with zero attached hydrogens (tertiary/aromatic N) is 5. The summed E-state index contributed by atoms with van der Waals surface area (Å²) in [7, 11) is -0.648. The average molecular weight is 801 g/mol. The molecule has 4 aromatic rings. The van der Waals surface area contributed by atoms with Gasteiger partial charge in [0.1, 0.15) is 5.75 Å². The van der Waals surface area contributed by atoms with Gasteiger partial charge in [-0.2, -0.15) is 0 Å². The largest absolute Gasteiger partial charge is 0.497 e. The number of hydrogen-bond donors (Lipinski definition) is 1. The number of ether oxygens (including phenoxy) is 2. The highest BCUT2D eigenvalue weighted by molar-refractivity contribution is 9.10. The minimum absolute atomic E-state index is 0.0163. The highest BCUT2D eigenvalue weighted by atomic mass is 79.9. The number of fused-ring (bicyclic) bond motifs is 2. The molecule has 3 aromatic carbocycles. The molecule has 0 bridgehead atoms. The summed E-state index contributed by atoms with van der Waals surface area (Å²) in [5.41, 5.74) is 3.23. The second kappa shape index (κ2) is 15.5. The molecule has 4 atom stereocenters. The number of hydrogen-bond acceptors (Lipinski definition) is 7. The van der Waals surface area contributed by atoms with Crippen LogP contribution >= 0.6 is 15.9 Å². The van der Waals surface area contributed by atoms with Gasteiger partial charge in [0.2, 0.25) is 5.91 Å². The molecule has 2 fully saturated rings. The van der Waals surface area contributed by atoms with Gasteiger partial charge in [-0.15, -0.1) is 5.10 Å². The van der Waals surface area contributed by atoms with E-state index in [1.165, 1.54) is 5.19 Å². The maximum atomic E-state index is 15.3. The Kier molecular flexibility index (Phi) is 10.9. The van der Waals surface area contributed by atoms with Crippen LogP contribution in [-0.2, 0) is 39.4 Å². The predicted octanol–water partition coefficient (Wildman–Crippen LogP) is 6.73. The fourth-order valence-corrected chi connectivity index (χ4v) is 13.5. The van der Waals surface area contributed by atoms with E-state index in [0.717, 1.165) is 64.1 Å². The highest BCUT2D eigenvalue weighted by Gasteiger charge is 2.66. The van der Waals surface area contributed by atoms with Crippen molar-refractivity contribution < 1.29 is 24.2 Å². The Balaban J connectivity index is 1.25. The van der Waals surface area contributed by atoms with Gasteiger partial charge >= 0.3 is 0 Å². The number of halogens is 1. The molecule has 0 radical (unpaired) electrons. The summed E-state index contributed by atoms with van der Waals surface area (Å²) in [6, 6.07) is 22.6. The first-order chi connectivity index (χ1) is 25.6. The molecular weight excluding hydrogens is 750 g/mol. The molecule has 2 saturated heterocycles. The first kappa shape index (κ1) is 37.5. The molecule has 3 aliphatic heterocycles. The van der Waals surface area contributed by atoms with Crippen molar-refractivity contribution in [1.29, 1.82) is 0 Å². The zero-order valence-corrected chi connectivity index (χ0v) is 33.7. The molecule has 1 aromatic heterocycles. The van der Waals surface area contributed by atoms with Crippen molar-refractivity contribution in [2.75, 3.05) is 30.1 Å². The number of aliphatic hydroxyl groups excluding tert-OH is 1. The third-order valence-electron chi connectivity index (χ3n) is 11.8. The van der Waals surface area contributed by atoms with E-state index in [4.69, 9.17) is 9.47 Å². The SMILES string of the molecule is COc1ccc([Si](C)(C)[C@H]2[C@H](CCn3cc(CCO)nn3)O[C@@]3(C(=O)N(Cc4cccc(N5CCCCCCC5=O)c4)c4ccc(Br)cc43)[C@@H]2C)cc1. The van der Waals surface area contributed by atoms with Crippen molar-refractivity contribution in [2.24, 2.45) is 5.92 Å². The van der Waals surface area contributed by atoms with Gasteiger partial charge in [0, 0.05) is 60.4 Å². The predicted molar refractivity (Wildman–Crippen MR) is 212 cm³/mol. The first-order valence-electron chi connectivity index (χ1n) is 18.9. The quantitative estimate of drug-likeness (QED) is 0.168. The zero-order chi connectivity index (χ0) is 37.3. The molecule has 7 rings (SSSR count). The minimum atomic E-state index is -2.33. The molecule has 0 aliphatic carbocycles. The summed E-state index contributed by atoms with van der Waals surface area (Å²) in [5.74, 6) is 0.779. The number of anilines is 2. The van der Waals surface area contributed by atoms with Crippen LogP contribution in [0, 0.1) is 5.92 Å². The van der Waals surface area contributed by atoms with Crippen molar-refractivity contribution in [3.8, 4) is 5.75 Å². The summed E-state index contributed by atoms with van der Waals surface area (Å²) < 4.78 is 15.5. The van der Waals surface area contributed by atoms with Crippen molar-refractivity contribution in [1.82, 2.24) is 15.0 Å². The molecule has 53 heavy (non-hydrogen) atoms. The molecule has 4 heterocycles.